The fourth-order valence-electron chi connectivity index (χ4n) is 3.04. The van der Waals surface area contributed by atoms with Crippen LogP contribution in [0.4, 0.5) is 0 Å². The van der Waals surface area contributed by atoms with Gasteiger partial charge in [0.1, 0.15) is 17.9 Å². The highest BCUT2D eigenvalue weighted by Gasteiger charge is 2.15. The summed E-state index contributed by atoms with van der Waals surface area (Å²) >= 11 is 0. The summed E-state index contributed by atoms with van der Waals surface area (Å²) in [6, 6.07) is 8.10. The third-order valence-corrected chi connectivity index (χ3v) is 4.52. The summed E-state index contributed by atoms with van der Waals surface area (Å²) in [5.41, 5.74) is 2.08. The molecule has 1 aromatic heterocycles. The molecule has 2 N–H and O–H groups in total. The molecule has 7 heteroatoms. The molecular formula is C20H30IN3O3. The second kappa shape index (κ2) is 11.5. The number of aliphatic imine (C=N–C) groups is 1. The van der Waals surface area contributed by atoms with Crippen molar-refractivity contribution in [3.8, 4) is 0 Å². The molecule has 1 unspecified atom stereocenters. The van der Waals surface area contributed by atoms with Gasteiger partial charge in [-0.05, 0) is 32.8 Å². The zero-order valence-corrected chi connectivity index (χ0v) is 18.5. The molecule has 0 bridgehead atoms. The second-order valence-corrected chi connectivity index (χ2v) is 6.48. The van der Waals surface area contributed by atoms with E-state index in [1.165, 1.54) is 0 Å². The van der Waals surface area contributed by atoms with Gasteiger partial charge >= 0.3 is 0 Å². The van der Waals surface area contributed by atoms with E-state index >= 15 is 0 Å². The smallest absolute Gasteiger partial charge is 0.191 e. The molecule has 1 aliphatic rings. The Bertz CT molecular complexity index is 726. The van der Waals surface area contributed by atoms with Crippen LogP contribution >= 0.6 is 24.0 Å². The molecule has 2 aromatic rings. The number of fused-ring (bicyclic) bond motifs is 1. The summed E-state index contributed by atoms with van der Waals surface area (Å²) in [7, 11) is 0. The number of rotatable bonds is 8. The minimum atomic E-state index is 0. The van der Waals surface area contributed by atoms with Crippen LogP contribution in [0.25, 0.3) is 11.0 Å². The Morgan fingerprint density at radius 1 is 1.30 bits per heavy atom. The van der Waals surface area contributed by atoms with Crippen LogP contribution in [0.2, 0.25) is 0 Å². The largest absolute Gasteiger partial charge is 0.459 e. The van der Waals surface area contributed by atoms with Crippen molar-refractivity contribution in [2.45, 2.75) is 39.3 Å². The van der Waals surface area contributed by atoms with Crippen LogP contribution in [-0.4, -0.2) is 45.0 Å². The van der Waals surface area contributed by atoms with E-state index in [1.54, 1.807) is 0 Å². The SMILES string of the molecule is CCNC(=NCc1oc2ccccc2c1C)NCCCOC1CCOC1.I. The molecule has 1 aromatic carbocycles. The van der Waals surface area contributed by atoms with E-state index in [0.29, 0.717) is 6.54 Å². The average Bonchev–Trinajstić information content (AvgIpc) is 3.28. The first-order valence-corrected chi connectivity index (χ1v) is 9.46. The van der Waals surface area contributed by atoms with Gasteiger partial charge in [0.05, 0.1) is 12.7 Å². The summed E-state index contributed by atoms with van der Waals surface area (Å²) in [4.78, 5) is 4.65. The molecule has 3 rings (SSSR count). The summed E-state index contributed by atoms with van der Waals surface area (Å²) in [5, 5.41) is 7.79. The van der Waals surface area contributed by atoms with Gasteiger partial charge in [-0.15, -0.1) is 24.0 Å². The van der Waals surface area contributed by atoms with Gasteiger partial charge in [0.25, 0.3) is 0 Å². The van der Waals surface area contributed by atoms with Gasteiger partial charge in [0.2, 0.25) is 0 Å². The van der Waals surface area contributed by atoms with E-state index in [4.69, 9.17) is 13.9 Å². The number of aryl methyl sites for hydroxylation is 1. The lowest BCUT2D eigenvalue weighted by Crippen LogP contribution is -2.38. The van der Waals surface area contributed by atoms with Crippen LogP contribution in [0.5, 0.6) is 0 Å². The zero-order valence-electron chi connectivity index (χ0n) is 16.1. The van der Waals surface area contributed by atoms with Gasteiger partial charge in [-0.3, -0.25) is 0 Å². The van der Waals surface area contributed by atoms with Crippen LogP contribution in [0, 0.1) is 6.92 Å². The van der Waals surface area contributed by atoms with E-state index in [9.17, 15) is 0 Å². The number of nitrogens with zero attached hydrogens (tertiary/aromatic N) is 1. The molecule has 0 saturated carbocycles. The topological polar surface area (TPSA) is 68.0 Å². The first-order valence-electron chi connectivity index (χ1n) is 9.46. The van der Waals surface area contributed by atoms with Gasteiger partial charge in [-0.2, -0.15) is 0 Å². The Hall–Kier alpha value is -1.32. The molecule has 150 valence electrons. The molecule has 0 radical (unpaired) electrons. The van der Waals surface area contributed by atoms with Gasteiger partial charge in [0, 0.05) is 37.3 Å². The Kier molecular flexibility index (Phi) is 9.36. The highest BCUT2D eigenvalue weighted by molar-refractivity contribution is 14.0. The van der Waals surface area contributed by atoms with Crippen LogP contribution in [0.1, 0.15) is 31.1 Å². The number of hydrogen-bond donors (Lipinski definition) is 2. The molecular weight excluding hydrogens is 457 g/mol. The van der Waals surface area contributed by atoms with Crippen molar-refractivity contribution in [2.75, 3.05) is 32.9 Å². The third kappa shape index (κ3) is 6.36. The van der Waals surface area contributed by atoms with Crippen molar-refractivity contribution in [2.24, 2.45) is 4.99 Å². The lowest BCUT2D eigenvalue weighted by atomic mass is 10.1. The summed E-state index contributed by atoms with van der Waals surface area (Å²) in [5.74, 6) is 1.71. The van der Waals surface area contributed by atoms with Gasteiger partial charge < -0.3 is 24.5 Å². The molecule has 1 fully saturated rings. The predicted molar refractivity (Wildman–Crippen MR) is 119 cm³/mol. The maximum absolute atomic E-state index is 5.93. The standard InChI is InChI=1S/C20H29N3O3.HI/c1-3-21-20(22-10-6-11-25-16-9-12-24-14-16)23-13-19-15(2)17-7-4-5-8-18(17)26-19;/h4-5,7-8,16H,3,6,9-14H2,1-2H3,(H2,21,22,23);1H. The molecule has 6 nitrogen and oxygen atoms in total. The number of halogens is 1. The van der Waals surface area contributed by atoms with Crippen LogP contribution < -0.4 is 10.6 Å². The average molecular weight is 487 g/mol. The molecule has 0 aliphatic carbocycles. The molecule has 1 atom stereocenters. The minimum Gasteiger partial charge on any atom is -0.459 e. The zero-order chi connectivity index (χ0) is 18.2. The van der Waals surface area contributed by atoms with E-state index in [1.807, 2.05) is 18.2 Å². The van der Waals surface area contributed by atoms with Crippen molar-refractivity contribution in [1.29, 1.82) is 0 Å². The van der Waals surface area contributed by atoms with Crippen LogP contribution in [0.15, 0.2) is 33.7 Å². The van der Waals surface area contributed by atoms with E-state index < -0.39 is 0 Å². The van der Waals surface area contributed by atoms with Gasteiger partial charge in [-0.1, -0.05) is 18.2 Å². The van der Waals surface area contributed by atoms with E-state index in [-0.39, 0.29) is 30.1 Å². The number of nitrogens with one attached hydrogen (secondary N) is 2. The molecule has 2 heterocycles. The van der Waals surface area contributed by atoms with Crippen molar-refractivity contribution < 1.29 is 13.9 Å². The molecule has 0 amide bonds. The fraction of sp³-hybridized carbons (Fsp3) is 0.550. The van der Waals surface area contributed by atoms with Gasteiger partial charge in [-0.25, -0.2) is 4.99 Å². The lowest BCUT2D eigenvalue weighted by molar-refractivity contribution is 0.0420. The van der Waals surface area contributed by atoms with Gasteiger partial charge in [0.15, 0.2) is 5.96 Å². The Balaban J connectivity index is 0.00000261. The number of furan rings is 1. The summed E-state index contributed by atoms with van der Waals surface area (Å²) in [6.07, 6.45) is 2.21. The minimum absolute atomic E-state index is 0. The molecule has 1 aliphatic heterocycles. The number of ether oxygens (including phenoxy) is 2. The van der Waals surface area contributed by atoms with Crippen molar-refractivity contribution in [3.05, 3.63) is 35.6 Å². The van der Waals surface area contributed by atoms with Crippen molar-refractivity contribution >= 4 is 40.9 Å². The number of guanidine groups is 1. The first-order chi connectivity index (χ1) is 12.8. The third-order valence-electron chi connectivity index (χ3n) is 4.52. The number of para-hydroxylation sites is 1. The van der Waals surface area contributed by atoms with Crippen molar-refractivity contribution in [1.82, 2.24) is 10.6 Å². The quantitative estimate of drug-likeness (QED) is 0.258. The Morgan fingerprint density at radius 2 is 2.15 bits per heavy atom. The number of hydrogen-bond acceptors (Lipinski definition) is 4. The fourth-order valence-corrected chi connectivity index (χ4v) is 3.04. The number of benzene rings is 1. The normalized spacial score (nSPS) is 17.1. The molecule has 1 saturated heterocycles. The highest BCUT2D eigenvalue weighted by Crippen LogP contribution is 2.25. The second-order valence-electron chi connectivity index (χ2n) is 6.48. The van der Waals surface area contributed by atoms with Crippen LogP contribution in [0.3, 0.4) is 0 Å². The maximum Gasteiger partial charge on any atom is 0.191 e. The summed E-state index contributed by atoms with van der Waals surface area (Å²) < 4.78 is 17.0. The maximum atomic E-state index is 5.93. The Labute approximate surface area is 178 Å². The Morgan fingerprint density at radius 3 is 2.89 bits per heavy atom. The lowest BCUT2D eigenvalue weighted by Gasteiger charge is -2.12. The van der Waals surface area contributed by atoms with E-state index in [2.05, 4.69) is 35.5 Å². The molecule has 0 spiro atoms. The molecule has 27 heavy (non-hydrogen) atoms. The highest BCUT2D eigenvalue weighted by atomic mass is 127. The van der Waals surface area contributed by atoms with E-state index in [0.717, 1.165) is 74.0 Å². The van der Waals surface area contributed by atoms with Crippen molar-refractivity contribution in [3.63, 3.8) is 0 Å². The first kappa shape index (κ1) is 22.0. The summed E-state index contributed by atoms with van der Waals surface area (Å²) in [6.45, 7) is 8.60. The van der Waals surface area contributed by atoms with Crippen LogP contribution in [-0.2, 0) is 16.0 Å². The monoisotopic (exact) mass is 487 g/mol. The predicted octanol–water partition coefficient (Wildman–Crippen LogP) is 3.61.